The maximum absolute atomic E-state index is 11.8. The maximum Gasteiger partial charge on any atom is 0.229 e. The average Bonchev–Trinajstić information content (AvgIpc) is 2.76. The maximum atomic E-state index is 11.8. The van der Waals surface area contributed by atoms with Crippen LogP contribution >= 0.6 is 11.6 Å². The van der Waals surface area contributed by atoms with E-state index < -0.39 is 0 Å². The van der Waals surface area contributed by atoms with E-state index in [0.29, 0.717) is 24.1 Å². The minimum absolute atomic E-state index is 0.0493. The Morgan fingerprint density at radius 1 is 1.69 bits per heavy atom. The van der Waals surface area contributed by atoms with Crippen LogP contribution < -0.4 is 5.32 Å². The van der Waals surface area contributed by atoms with Crippen molar-refractivity contribution in [1.82, 2.24) is 4.98 Å². The predicted molar refractivity (Wildman–Crippen MR) is 61.5 cm³/mol. The van der Waals surface area contributed by atoms with Gasteiger partial charge in [-0.05, 0) is 25.0 Å². The van der Waals surface area contributed by atoms with E-state index >= 15 is 0 Å². The molecule has 1 aliphatic heterocycles. The Labute approximate surface area is 99.0 Å². The number of anilines is 1. The quantitative estimate of drug-likeness (QED) is 0.805. The molecule has 0 spiro atoms. The van der Waals surface area contributed by atoms with Crippen LogP contribution in [-0.4, -0.2) is 24.1 Å². The Hall–Kier alpha value is -1.13. The zero-order chi connectivity index (χ0) is 11.5. The average molecular weight is 241 g/mol. The fourth-order valence-corrected chi connectivity index (χ4v) is 1.77. The number of pyridine rings is 1. The lowest BCUT2D eigenvalue weighted by atomic mass is 10.1. The molecule has 0 radical (unpaired) electrons. The van der Waals surface area contributed by atoms with Gasteiger partial charge in [-0.1, -0.05) is 11.6 Å². The summed E-state index contributed by atoms with van der Waals surface area (Å²) in [6.07, 6.45) is 2.43. The third kappa shape index (κ3) is 2.51. The second-order valence-corrected chi connectivity index (χ2v) is 4.26. The molecule has 2 heterocycles. The molecule has 0 aromatic carbocycles. The third-order valence-corrected chi connectivity index (χ3v) is 2.84. The van der Waals surface area contributed by atoms with Crippen LogP contribution in [0.1, 0.15) is 12.0 Å². The topological polar surface area (TPSA) is 51.2 Å². The number of aromatic nitrogens is 1. The molecule has 2 rings (SSSR count). The highest BCUT2D eigenvalue weighted by molar-refractivity contribution is 6.32. The van der Waals surface area contributed by atoms with Crippen molar-refractivity contribution in [3.05, 3.63) is 23.0 Å². The highest BCUT2D eigenvalue weighted by Crippen LogP contribution is 2.22. The lowest BCUT2D eigenvalue weighted by molar-refractivity contribution is -0.119. The highest BCUT2D eigenvalue weighted by Gasteiger charge is 2.24. The monoisotopic (exact) mass is 240 g/mol. The first-order valence-electron chi connectivity index (χ1n) is 5.17. The number of carbonyl (C=O) groups excluding carboxylic acids is 1. The summed E-state index contributed by atoms with van der Waals surface area (Å²) >= 11 is 5.89. The predicted octanol–water partition coefficient (Wildman–Crippen LogP) is 2.02. The van der Waals surface area contributed by atoms with Gasteiger partial charge in [-0.25, -0.2) is 4.98 Å². The van der Waals surface area contributed by atoms with Gasteiger partial charge in [0.2, 0.25) is 5.91 Å². The molecule has 1 amide bonds. The first-order valence-corrected chi connectivity index (χ1v) is 5.55. The van der Waals surface area contributed by atoms with Crippen LogP contribution in [0.15, 0.2) is 12.3 Å². The van der Waals surface area contributed by atoms with Gasteiger partial charge in [-0.15, -0.1) is 0 Å². The van der Waals surface area contributed by atoms with Gasteiger partial charge >= 0.3 is 0 Å². The molecule has 16 heavy (non-hydrogen) atoms. The van der Waals surface area contributed by atoms with Gasteiger partial charge in [0, 0.05) is 12.8 Å². The Morgan fingerprint density at radius 2 is 2.50 bits per heavy atom. The molecule has 1 saturated heterocycles. The number of hydrogen-bond donors (Lipinski definition) is 1. The number of halogens is 1. The largest absolute Gasteiger partial charge is 0.381 e. The summed E-state index contributed by atoms with van der Waals surface area (Å²) in [4.78, 5) is 15.8. The number of carbonyl (C=O) groups is 1. The lowest BCUT2D eigenvalue weighted by Crippen LogP contribution is -2.23. The molecule has 1 atom stereocenters. The van der Waals surface area contributed by atoms with Crippen LogP contribution in [0.5, 0.6) is 0 Å². The number of amides is 1. The van der Waals surface area contributed by atoms with E-state index in [0.717, 1.165) is 12.0 Å². The zero-order valence-electron chi connectivity index (χ0n) is 9.00. The standard InChI is InChI=1S/C11H13ClN2O2/c1-7-4-9(10(12)13-5-7)14-11(15)8-2-3-16-6-8/h4-5,8H,2-3,6H2,1H3,(H,14,15). The number of hydrogen-bond acceptors (Lipinski definition) is 3. The van der Waals surface area contributed by atoms with Crippen molar-refractivity contribution in [2.75, 3.05) is 18.5 Å². The Kier molecular flexibility index (Phi) is 3.41. The molecule has 1 unspecified atom stereocenters. The molecular formula is C11H13ClN2O2. The molecule has 1 fully saturated rings. The van der Waals surface area contributed by atoms with Crippen molar-refractivity contribution in [3.63, 3.8) is 0 Å². The van der Waals surface area contributed by atoms with Crippen LogP contribution in [-0.2, 0) is 9.53 Å². The molecule has 1 aromatic heterocycles. The van der Waals surface area contributed by atoms with Crippen molar-refractivity contribution in [3.8, 4) is 0 Å². The fraction of sp³-hybridized carbons (Fsp3) is 0.455. The molecular weight excluding hydrogens is 228 g/mol. The number of rotatable bonds is 2. The summed E-state index contributed by atoms with van der Waals surface area (Å²) in [5, 5.41) is 3.10. The van der Waals surface area contributed by atoms with Crippen LogP contribution in [0.2, 0.25) is 5.15 Å². The van der Waals surface area contributed by atoms with E-state index in [2.05, 4.69) is 10.3 Å². The number of nitrogens with one attached hydrogen (secondary N) is 1. The summed E-state index contributed by atoms with van der Waals surface area (Å²) < 4.78 is 5.16. The van der Waals surface area contributed by atoms with E-state index in [9.17, 15) is 4.79 Å². The highest BCUT2D eigenvalue weighted by atomic mass is 35.5. The molecule has 0 aliphatic carbocycles. The summed E-state index contributed by atoms with van der Waals surface area (Å²) in [6, 6.07) is 1.81. The number of aryl methyl sites for hydroxylation is 1. The van der Waals surface area contributed by atoms with E-state index in [4.69, 9.17) is 16.3 Å². The van der Waals surface area contributed by atoms with Crippen molar-refractivity contribution in [2.45, 2.75) is 13.3 Å². The summed E-state index contributed by atoms with van der Waals surface area (Å²) in [5.41, 5.74) is 1.53. The number of ether oxygens (including phenoxy) is 1. The molecule has 4 nitrogen and oxygen atoms in total. The normalized spacial score (nSPS) is 19.8. The van der Waals surface area contributed by atoms with Crippen molar-refractivity contribution < 1.29 is 9.53 Å². The molecule has 0 saturated carbocycles. The smallest absolute Gasteiger partial charge is 0.229 e. The Balaban J connectivity index is 2.07. The second-order valence-electron chi connectivity index (χ2n) is 3.90. The lowest BCUT2D eigenvalue weighted by Gasteiger charge is -2.10. The van der Waals surface area contributed by atoms with Gasteiger partial charge in [0.15, 0.2) is 5.15 Å². The summed E-state index contributed by atoms with van der Waals surface area (Å²) in [7, 11) is 0. The van der Waals surface area contributed by atoms with Crippen LogP contribution in [0.4, 0.5) is 5.69 Å². The van der Waals surface area contributed by atoms with E-state index in [-0.39, 0.29) is 11.8 Å². The second kappa shape index (κ2) is 4.80. The summed E-state index contributed by atoms with van der Waals surface area (Å²) in [6.45, 7) is 3.04. The first kappa shape index (κ1) is 11.4. The van der Waals surface area contributed by atoms with E-state index in [1.165, 1.54) is 0 Å². The van der Waals surface area contributed by atoms with Crippen molar-refractivity contribution in [1.29, 1.82) is 0 Å². The van der Waals surface area contributed by atoms with Gasteiger partial charge < -0.3 is 10.1 Å². The van der Waals surface area contributed by atoms with Crippen molar-refractivity contribution in [2.24, 2.45) is 5.92 Å². The van der Waals surface area contributed by atoms with Gasteiger partial charge in [-0.3, -0.25) is 4.79 Å². The van der Waals surface area contributed by atoms with Crippen LogP contribution in [0.25, 0.3) is 0 Å². The molecule has 1 aliphatic rings. The van der Waals surface area contributed by atoms with Crippen LogP contribution in [0.3, 0.4) is 0 Å². The van der Waals surface area contributed by atoms with Gasteiger partial charge in [0.05, 0.1) is 18.2 Å². The van der Waals surface area contributed by atoms with E-state index in [1.54, 1.807) is 6.20 Å². The van der Waals surface area contributed by atoms with Gasteiger partial charge in [0.25, 0.3) is 0 Å². The molecule has 86 valence electrons. The third-order valence-electron chi connectivity index (χ3n) is 2.53. The molecule has 1 N–H and O–H groups in total. The Bertz CT molecular complexity index is 403. The number of nitrogens with zero attached hydrogens (tertiary/aromatic N) is 1. The minimum Gasteiger partial charge on any atom is -0.381 e. The zero-order valence-corrected chi connectivity index (χ0v) is 9.75. The van der Waals surface area contributed by atoms with Crippen molar-refractivity contribution >= 4 is 23.2 Å². The van der Waals surface area contributed by atoms with Gasteiger partial charge in [0.1, 0.15) is 0 Å². The molecule has 1 aromatic rings. The molecule has 5 heteroatoms. The first-order chi connectivity index (χ1) is 7.66. The summed E-state index contributed by atoms with van der Waals surface area (Å²) in [5.74, 6) is -0.122. The fourth-order valence-electron chi connectivity index (χ4n) is 1.62. The van der Waals surface area contributed by atoms with E-state index in [1.807, 2.05) is 13.0 Å². The Morgan fingerprint density at radius 3 is 3.19 bits per heavy atom. The van der Waals surface area contributed by atoms with Gasteiger partial charge in [-0.2, -0.15) is 0 Å². The van der Waals surface area contributed by atoms with Crippen LogP contribution in [0, 0.1) is 12.8 Å². The SMILES string of the molecule is Cc1cnc(Cl)c(NC(=O)C2CCOC2)c1. The minimum atomic E-state index is -0.0726. The molecule has 0 bridgehead atoms.